The minimum Gasteiger partial charge on any atom is -0.381 e. The van der Waals surface area contributed by atoms with Gasteiger partial charge >= 0.3 is 0 Å². The van der Waals surface area contributed by atoms with Gasteiger partial charge in [0, 0.05) is 31.9 Å². The molecule has 0 spiro atoms. The first kappa shape index (κ1) is 15.5. The summed E-state index contributed by atoms with van der Waals surface area (Å²) < 4.78 is 18.9. The number of carbonyl (C=O) groups is 1. The van der Waals surface area contributed by atoms with Gasteiger partial charge in [0.1, 0.15) is 5.82 Å². The Hall–Kier alpha value is -1.42. The summed E-state index contributed by atoms with van der Waals surface area (Å²) in [7, 11) is 0. The highest BCUT2D eigenvalue weighted by Gasteiger charge is 2.24. The molecule has 1 heterocycles. The SMILES string of the molecule is O=C(c1cccc(F)c1)N1CCC(CCOCC2CC2)CC1. The Bertz CT molecular complexity index is 508. The lowest BCUT2D eigenvalue weighted by Crippen LogP contribution is -2.38. The zero-order valence-corrected chi connectivity index (χ0v) is 13.0. The number of hydrogen-bond donors (Lipinski definition) is 0. The predicted octanol–water partition coefficient (Wildman–Crippen LogP) is 3.49. The van der Waals surface area contributed by atoms with Crippen molar-refractivity contribution >= 4 is 5.91 Å². The molecule has 1 aromatic rings. The van der Waals surface area contributed by atoms with Crippen LogP contribution in [0.15, 0.2) is 24.3 Å². The molecule has 0 unspecified atom stereocenters. The second-order valence-corrected chi connectivity index (χ2v) is 6.55. The third-order valence-electron chi connectivity index (χ3n) is 4.69. The number of likely N-dealkylation sites (tertiary alicyclic amines) is 1. The van der Waals surface area contributed by atoms with Crippen molar-refractivity contribution in [1.29, 1.82) is 0 Å². The normalized spacial score (nSPS) is 19.4. The van der Waals surface area contributed by atoms with Gasteiger partial charge in [0.05, 0.1) is 0 Å². The van der Waals surface area contributed by atoms with E-state index in [9.17, 15) is 9.18 Å². The van der Waals surface area contributed by atoms with E-state index in [2.05, 4.69) is 0 Å². The number of halogens is 1. The standard InChI is InChI=1S/C18H24FNO2/c19-17-3-1-2-16(12-17)18(21)20-9-6-14(7-10-20)8-11-22-13-15-4-5-15/h1-3,12,14-15H,4-11,13H2. The van der Waals surface area contributed by atoms with Gasteiger partial charge in [-0.1, -0.05) is 6.07 Å². The van der Waals surface area contributed by atoms with Crippen LogP contribution in [0.25, 0.3) is 0 Å². The Morgan fingerprint density at radius 1 is 1.18 bits per heavy atom. The molecule has 0 radical (unpaired) electrons. The van der Waals surface area contributed by atoms with E-state index in [0.29, 0.717) is 11.5 Å². The maximum atomic E-state index is 13.2. The highest BCUT2D eigenvalue weighted by Crippen LogP contribution is 2.29. The molecule has 0 atom stereocenters. The van der Waals surface area contributed by atoms with Gasteiger partial charge in [0.15, 0.2) is 0 Å². The van der Waals surface area contributed by atoms with E-state index >= 15 is 0 Å². The second-order valence-electron chi connectivity index (χ2n) is 6.55. The molecule has 2 aliphatic rings. The third kappa shape index (κ3) is 4.29. The van der Waals surface area contributed by atoms with Crippen LogP contribution >= 0.6 is 0 Å². The van der Waals surface area contributed by atoms with Gasteiger partial charge in [-0.2, -0.15) is 0 Å². The van der Waals surface area contributed by atoms with Gasteiger partial charge in [0.25, 0.3) is 5.91 Å². The molecule has 120 valence electrons. The highest BCUT2D eigenvalue weighted by atomic mass is 19.1. The monoisotopic (exact) mass is 305 g/mol. The summed E-state index contributed by atoms with van der Waals surface area (Å²) in [5.74, 6) is 1.07. The Balaban J connectivity index is 1.39. The van der Waals surface area contributed by atoms with Crippen LogP contribution in [0.4, 0.5) is 4.39 Å². The number of piperidine rings is 1. The molecule has 4 heteroatoms. The van der Waals surface area contributed by atoms with Gasteiger partial charge < -0.3 is 9.64 Å². The molecular formula is C18H24FNO2. The van der Waals surface area contributed by atoms with E-state index in [1.807, 2.05) is 4.90 Å². The number of benzene rings is 1. The minimum absolute atomic E-state index is 0.0528. The third-order valence-corrected chi connectivity index (χ3v) is 4.69. The Morgan fingerprint density at radius 2 is 1.95 bits per heavy atom. The Kier molecular flexibility index (Phi) is 5.08. The minimum atomic E-state index is -0.353. The number of nitrogens with zero attached hydrogens (tertiary/aromatic N) is 1. The van der Waals surface area contributed by atoms with Crippen molar-refractivity contribution in [3.8, 4) is 0 Å². The van der Waals surface area contributed by atoms with Crippen LogP contribution in [-0.4, -0.2) is 37.1 Å². The summed E-state index contributed by atoms with van der Waals surface area (Å²) in [4.78, 5) is 14.2. The number of carbonyl (C=O) groups excluding carboxylic acids is 1. The summed E-state index contributed by atoms with van der Waals surface area (Å²) >= 11 is 0. The molecule has 0 bridgehead atoms. The molecule has 1 saturated carbocycles. The first-order chi connectivity index (χ1) is 10.7. The van der Waals surface area contributed by atoms with Crippen molar-refractivity contribution in [2.75, 3.05) is 26.3 Å². The van der Waals surface area contributed by atoms with Crippen molar-refractivity contribution in [3.05, 3.63) is 35.6 Å². The van der Waals surface area contributed by atoms with Crippen molar-refractivity contribution in [3.63, 3.8) is 0 Å². The van der Waals surface area contributed by atoms with Crippen molar-refractivity contribution in [2.45, 2.75) is 32.1 Å². The summed E-state index contributed by atoms with van der Waals surface area (Å²) in [6.07, 6.45) is 5.80. The molecule has 22 heavy (non-hydrogen) atoms. The van der Waals surface area contributed by atoms with Crippen molar-refractivity contribution in [2.24, 2.45) is 11.8 Å². The van der Waals surface area contributed by atoms with Crippen LogP contribution < -0.4 is 0 Å². The zero-order chi connectivity index (χ0) is 15.4. The van der Waals surface area contributed by atoms with E-state index in [4.69, 9.17) is 4.74 Å². The van der Waals surface area contributed by atoms with Gasteiger partial charge in [-0.25, -0.2) is 4.39 Å². The van der Waals surface area contributed by atoms with Crippen LogP contribution in [-0.2, 0) is 4.74 Å². The van der Waals surface area contributed by atoms with E-state index < -0.39 is 0 Å². The molecule has 1 amide bonds. The molecule has 3 nitrogen and oxygen atoms in total. The summed E-state index contributed by atoms with van der Waals surface area (Å²) in [5, 5.41) is 0. The lowest BCUT2D eigenvalue weighted by molar-refractivity contribution is 0.0644. The summed E-state index contributed by atoms with van der Waals surface area (Å²) in [5.41, 5.74) is 0.450. The summed E-state index contributed by atoms with van der Waals surface area (Å²) in [6, 6.07) is 5.96. The van der Waals surface area contributed by atoms with E-state index in [0.717, 1.165) is 51.5 Å². The smallest absolute Gasteiger partial charge is 0.253 e. The Morgan fingerprint density at radius 3 is 2.64 bits per heavy atom. The average molecular weight is 305 g/mol. The molecule has 2 fully saturated rings. The Labute approximate surface area is 131 Å². The van der Waals surface area contributed by atoms with Crippen LogP contribution in [0.1, 0.15) is 42.5 Å². The van der Waals surface area contributed by atoms with Gasteiger partial charge in [0.2, 0.25) is 0 Å². The quantitative estimate of drug-likeness (QED) is 0.753. The average Bonchev–Trinajstić information content (AvgIpc) is 3.36. The molecule has 0 N–H and O–H groups in total. The molecule has 1 aliphatic heterocycles. The molecule has 0 aromatic heterocycles. The number of rotatable bonds is 6. The summed E-state index contributed by atoms with van der Waals surface area (Å²) in [6.45, 7) is 3.31. The van der Waals surface area contributed by atoms with Crippen LogP contribution in [0.2, 0.25) is 0 Å². The number of amides is 1. The fourth-order valence-corrected chi connectivity index (χ4v) is 3.01. The molecular weight excluding hydrogens is 281 g/mol. The lowest BCUT2D eigenvalue weighted by atomic mass is 9.93. The van der Waals surface area contributed by atoms with E-state index in [1.54, 1.807) is 12.1 Å². The van der Waals surface area contributed by atoms with Crippen LogP contribution in [0.3, 0.4) is 0 Å². The zero-order valence-electron chi connectivity index (χ0n) is 13.0. The predicted molar refractivity (Wildman–Crippen MR) is 83.2 cm³/mol. The number of hydrogen-bond acceptors (Lipinski definition) is 2. The molecule has 1 saturated heterocycles. The van der Waals surface area contributed by atoms with Gasteiger partial charge in [-0.05, 0) is 62.1 Å². The molecule has 1 aromatic carbocycles. The van der Waals surface area contributed by atoms with Crippen molar-refractivity contribution < 1.29 is 13.9 Å². The highest BCUT2D eigenvalue weighted by molar-refractivity contribution is 5.94. The van der Waals surface area contributed by atoms with E-state index in [1.165, 1.54) is 25.0 Å². The topological polar surface area (TPSA) is 29.5 Å². The van der Waals surface area contributed by atoms with Crippen LogP contribution in [0, 0.1) is 17.7 Å². The second kappa shape index (κ2) is 7.23. The van der Waals surface area contributed by atoms with Crippen LogP contribution in [0.5, 0.6) is 0 Å². The lowest BCUT2D eigenvalue weighted by Gasteiger charge is -2.32. The molecule has 1 aliphatic carbocycles. The fourth-order valence-electron chi connectivity index (χ4n) is 3.01. The first-order valence-electron chi connectivity index (χ1n) is 8.35. The number of ether oxygens (including phenoxy) is 1. The maximum absolute atomic E-state index is 13.2. The van der Waals surface area contributed by atoms with Gasteiger partial charge in [-0.3, -0.25) is 4.79 Å². The fraction of sp³-hybridized carbons (Fsp3) is 0.611. The van der Waals surface area contributed by atoms with E-state index in [-0.39, 0.29) is 11.7 Å². The largest absolute Gasteiger partial charge is 0.381 e. The maximum Gasteiger partial charge on any atom is 0.253 e. The molecule has 3 rings (SSSR count). The first-order valence-corrected chi connectivity index (χ1v) is 8.35. The van der Waals surface area contributed by atoms with Crippen molar-refractivity contribution in [1.82, 2.24) is 4.90 Å². The van der Waals surface area contributed by atoms with Gasteiger partial charge in [-0.15, -0.1) is 0 Å².